The smallest absolute Gasteiger partial charge is 0.217 e. The molecule has 0 aromatic carbocycles. The maximum atomic E-state index is 11.0. The first-order chi connectivity index (χ1) is 10.1. The Hall–Kier alpha value is -1.16. The van der Waals surface area contributed by atoms with Crippen molar-refractivity contribution >= 4 is 12.1 Å². The van der Waals surface area contributed by atoms with E-state index in [0.29, 0.717) is 6.17 Å². The molecule has 0 aromatic heterocycles. The fraction of sp³-hybridized carbons (Fsp3) is 0.765. The number of amides is 1. The number of rotatable bonds is 10. The van der Waals surface area contributed by atoms with Crippen LogP contribution in [-0.4, -0.2) is 48.9 Å². The lowest BCUT2D eigenvalue weighted by molar-refractivity contribution is -0.935. The average Bonchev–Trinajstić information content (AvgIpc) is 2.86. The summed E-state index contributed by atoms with van der Waals surface area (Å²) in [6.07, 6.45) is 13.0. The Morgan fingerprint density at radius 3 is 2.81 bits per heavy atom. The van der Waals surface area contributed by atoms with Gasteiger partial charge in [-0.3, -0.25) is 9.28 Å². The summed E-state index contributed by atoms with van der Waals surface area (Å²) in [6, 6.07) is 0. The van der Waals surface area contributed by atoms with Gasteiger partial charge in [0.2, 0.25) is 5.91 Å². The predicted octanol–water partition coefficient (Wildman–Crippen LogP) is 2.90. The minimum absolute atomic E-state index is 0.0574. The molecule has 1 heterocycles. The molecule has 0 saturated carbocycles. The van der Waals surface area contributed by atoms with E-state index in [4.69, 9.17) is 4.99 Å². The third-order valence-electron chi connectivity index (χ3n) is 4.37. The molecule has 1 aliphatic heterocycles. The van der Waals surface area contributed by atoms with Gasteiger partial charge in [0.15, 0.2) is 6.17 Å². The van der Waals surface area contributed by atoms with E-state index < -0.39 is 0 Å². The maximum Gasteiger partial charge on any atom is 0.217 e. The Kier molecular flexibility index (Phi) is 8.28. The van der Waals surface area contributed by atoms with Crippen LogP contribution in [0.15, 0.2) is 17.1 Å². The van der Waals surface area contributed by atoms with Crippen molar-refractivity contribution in [1.29, 1.82) is 0 Å². The third kappa shape index (κ3) is 6.00. The van der Waals surface area contributed by atoms with E-state index in [1.165, 1.54) is 19.3 Å². The highest BCUT2D eigenvalue weighted by Crippen LogP contribution is 2.23. The lowest BCUT2D eigenvalue weighted by Crippen LogP contribution is -2.55. The van der Waals surface area contributed by atoms with Crippen LogP contribution >= 0.6 is 0 Å². The van der Waals surface area contributed by atoms with Gasteiger partial charge in [0.25, 0.3) is 0 Å². The van der Waals surface area contributed by atoms with E-state index in [-0.39, 0.29) is 5.91 Å². The van der Waals surface area contributed by atoms with Gasteiger partial charge in [-0.05, 0) is 26.2 Å². The number of nitrogens with zero attached hydrogens (tertiary/aromatic N) is 2. The highest BCUT2D eigenvalue weighted by Gasteiger charge is 2.37. The monoisotopic (exact) mass is 294 g/mol. The largest absolute Gasteiger partial charge is 0.351 e. The number of nitrogens with one attached hydrogen (secondary N) is 1. The van der Waals surface area contributed by atoms with E-state index in [0.717, 1.165) is 43.5 Å². The first-order valence-electron chi connectivity index (χ1n) is 8.41. The van der Waals surface area contributed by atoms with Crippen molar-refractivity contribution < 1.29 is 9.28 Å². The van der Waals surface area contributed by atoms with Gasteiger partial charge in [-0.2, -0.15) is 0 Å². The van der Waals surface area contributed by atoms with Gasteiger partial charge in [0, 0.05) is 13.3 Å². The molecule has 4 nitrogen and oxygen atoms in total. The van der Waals surface area contributed by atoms with Crippen molar-refractivity contribution in [1.82, 2.24) is 5.32 Å². The summed E-state index contributed by atoms with van der Waals surface area (Å²) in [7, 11) is 0. The van der Waals surface area contributed by atoms with Crippen LogP contribution in [0.5, 0.6) is 0 Å². The molecule has 0 radical (unpaired) electrons. The first kappa shape index (κ1) is 17.9. The number of carbonyl (C=O) groups is 1. The summed E-state index contributed by atoms with van der Waals surface area (Å²) in [6.45, 7) is 9.83. The molecule has 0 aliphatic carbocycles. The van der Waals surface area contributed by atoms with Crippen molar-refractivity contribution in [3.8, 4) is 0 Å². The average molecular weight is 294 g/mol. The number of unbranched alkanes of at least 4 members (excludes halogenated alkanes) is 2. The van der Waals surface area contributed by atoms with E-state index in [1.54, 1.807) is 6.92 Å². The minimum atomic E-state index is 0.0574. The highest BCUT2D eigenvalue weighted by atomic mass is 16.1. The molecule has 4 heteroatoms. The molecule has 2 unspecified atom stereocenters. The molecule has 1 amide bonds. The first-order valence-corrected chi connectivity index (χ1v) is 8.41. The molecular formula is C17H32N3O+. The maximum absolute atomic E-state index is 11.0. The Labute approximate surface area is 129 Å². The fourth-order valence-corrected chi connectivity index (χ4v) is 2.96. The number of hydrogen-bond acceptors (Lipinski definition) is 2. The quantitative estimate of drug-likeness (QED) is 0.376. The molecule has 1 aliphatic rings. The molecule has 21 heavy (non-hydrogen) atoms. The lowest BCUT2D eigenvalue weighted by atomic mass is 10.1. The molecular weight excluding hydrogens is 262 g/mol. The third-order valence-corrected chi connectivity index (χ3v) is 4.37. The lowest BCUT2D eigenvalue weighted by Gasteiger charge is -2.38. The number of hydrogen-bond donors (Lipinski definition) is 1. The van der Waals surface area contributed by atoms with Crippen LogP contribution in [-0.2, 0) is 4.79 Å². The van der Waals surface area contributed by atoms with Gasteiger partial charge in [-0.25, -0.2) is 4.99 Å². The van der Waals surface area contributed by atoms with E-state index in [1.807, 2.05) is 0 Å². The zero-order valence-corrected chi connectivity index (χ0v) is 14.0. The van der Waals surface area contributed by atoms with Crippen molar-refractivity contribution in [3.63, 3.8) is 0 Å². The summed E-state index contributed by atoms with van der Waals surface area (Å²) >= 11 is 0. The van der Waals surface area contributed by atoms with Crippen LogP contribution in [0, 0.1) is 0 Å². The summed E-state index contributed by atoms with van der Waals surface area (Å²) in [5.41, 5.74) is 0. The Morgan fingerprint density at radius 1 is 1.38 bits per heavy atom. The topological polar surface area (TPSA) is 41.5 Å². The zero-order chi connectivity index (χ0) is 15.6. The Morgan fingerprint density at radius 2 is 2.14 bits per heavy atom. The van der Waals surface area contributed by atoms with E-state index >= 15 is 0 Å². The summed E-state index contributed by atoms with van der Waals surface area (Å²) < 4.78 is 0.999. The number of carbonyl (C=O) groups excluding carboxylic acids is 1. The summed E-state index contributed by atoms with van der Waals surface area (Å²) in [5, 5.41) is 2.92. The van der Waals surface area contributed by atoms with Gasteiger partial charge in [0.1, 0.15) is 6.54 Å². The molecule has 1 rings (SSSR count). The van der Waals surface area contributed by atoms with Crippen LogP contribution in [0.25, 0.3) is 0 Å². The van der Waals surface area contributed by atoms with Gasteiger partial charge in [-0.15, -0.1) is 0 Å². The van der Waals surface area contributed by atoms with E-state index in [9.17, 15) is 4.79 Å². The fourth-order valence-electron chi connectivity index (χ4n) is 2.96. The van der Waals surface area contributed by atoms with Crippen molar-refractivity contribution in [2.24, 2.45) is 4.99 Å². The second kappa shape index (κ2) is 9.72. The Balaban J connectivity index is 2.39. The van der Waals surface area contributed by atoms with Gasteiger partial charge in [-0.1, -0.05) is 25.5 Å². The van der Waals surface area contributed by atoms with Crippen molar-refractivity contribution in [2.75, 3.05) is 26.2 Å². The van der Waals surface area contributed by atoms with Gasteiger partial charge in [0.05, 0.1) is 25.8 Å². The van der Waals surface area contributed by atoms with Gasteiger partial charge < -0.3 is 5.32 Å². The van der Waals surface area contributed by atoms with Crippen LogP contribution in [0.2, 0.25) is 0 Å². The number of likely N-dealkylation sites (N-methyl/N-ethyl adjacent to an activating group) is 1. The van der Waals surface area contributed by atoms with Crippen molar-refractivity contribution in [3.05, 3.63) is 12.2 Å². The van der Waals surface area contributed by atoms with Crippen LogP contribution in [0.3, 0.4) is 0 Å². The molecule has 2 atom stereocenters. The molecule has 0 spiro atoms. The molecule has 0 fully saturated rings. The normalized spacial score (nSPS) is 24.8. The van der Waals surface area contributed by atoms with E-state index in [2.05, 4.69) is 37.5 Å². The number of allylic oxidation sites excluding steroid dienone is 2. The zero-order valence-electron chi connectivity index (χ0n) is 14.0. The van der Waals surface area contributed by atoms with Crippen LogP contribution < -0.4 is 5.32 Å². The predicted molar refractivity (Wildman–Crippen MR) is 89.4 cm³/mol. The standard InChI is InChI=1S/C17H31N3O/c1-4-6-7-8-9-10-11-17-19-13-15-20(17,5-2)14-12-18-16(3)21/h7-8,13,17H,4-6,9-12,14-15H2,1-3H3/p+1/b8-7+. The highest BCUT2D eigenvalue weighted by molar-refractivity contribution is 5.72. The molecule has 0 bridgehead atoms. The van der Waals surface area contributed by atoms with Crippen LogP contribution in [0.1, 0.15) is 52.9 Å². The second-order valence-electron chi connectivity index (χ2n) is 5.93. The summed E-state index contributed by atoms with van der Waals surface area (Å²) in [5.74, 6) is 0.0574. The van der Waals surface area contributed by atoms with Crippen LogP contribution in [0.4, 0.5) is 0 Å². The number of quaternary nitrogens is 1. The molecule has 0 aromatic rings. The minimum Gasteiger partial charge on any atom is -0.351 e. The molecule has 1 N–H and O–H groups in total. The number of aliphatic imine (C=N–C) groups is 1. The Bertz CT molecular complexity index is 365. The van der Waals surface area contributed by atoms with Gasteiger partial charge >= 0.3 is 0 Å². The van der Waals surface area contributed by atoms with Crippen molar-refractivity contribution in [2.45, 2.75) is 59.0 Å². The second-order valence-corrected chi connectivity index (χ2v) is 5.93. The SMILES string of the molecule is CCC/C=C/CCCC1N=CC[N+]1(CC)CCNC(C)=O. The molecule has 0 saturated heterocycles. The molecule has 120 valence electrons. The summed E-state index contributed by atoms with van der Waals surface area (Å²) in [4.78, 5) is 15.7.